The third-order valence-corrected chi connectivity index (χ3v) is 6.96. The standard InChI is InChI=1S/C29H34N4O2/c1-29(2)11-10-25-24(16-29)28(31-27(30-25)18-32(3)4)33-12-13-35-26-9-8-22(15-23(26)17-33)21-7-5-6-20(14-21)19-34/h5-9,14-15,19H,10-13,16-18H2,1-4H3. The Morgan fingerprint density at radius 3 is 2.74 bits per heavy atom. The van der Waals surface area contributed by atoms with Crippen LogP contribution in [0, 0.1) is 5.41 Å². The second kappa shape index (κ2) is 9.42. The number of carbonyl (C=O) groups excluding carboxylic acids is 1. The Balaban J connectivity index is 1.54. The van der Waals surface area contributed by atoms with Gasteiger partial charge < -0.3 is 14.5 Å². The minimum Gasteiger partial charge on any atom is -0.491 e. The summed E-state index contributed by atoms with van der Waals surface area (Å²) in [4.78, 5) is 25.9. The normalized spacial score (nSPS) is 16.8. The number of aryl methyl sites for hydroxylation is 1. The van der Waals surface area contributed by atoms with E-state index in [1.807, 2.05) is 24.3 Å². The SMILES string of the molecule is CN(C)Cc1nc2c(c(N3CCOc4ccc(-c5cccc(C=O)c5)cc4C3)n1)CC(C)(C)CC2. The molecule has 6 nitrogen and oxygen atoms in total. The summed E-state index contributed by atoms with van der Waals surface area (Å²) in [5.41, 5.74) is 6.66. The fourth-order valence-electron chi connectivity index (χ4n) is 5.14. The number of hydrogen-bond donors (Lipinski definition) is 0. The lowest BCUT2D eigenvalue weighted by Crippen LogP contribution is -2.32. The average Bonchev–Trinajstić information content (AvgIpc) is 3.05. The summed E-state index contributed by atoms with van der Waals surface area (Å²) in [7, 11) is 4.12. The molecule has 2 aromatic carbocycles. The van der Waals surface area contributed by atoms with Gasteiger partial charge in [0.1, 0.15) is 30.3 Å². The molecule has 35 heavy (non-hydrogen) atoms. The molecule has 3 aromatic rings. The van der Waals surface area contributed by atoms with Gasteiger partial charge in [-0.1, -0.05) is 38.1 Å². The maximum Gasteiger partial charge on any atom is 0.150 e. The van der Waals surface area contributed by atoms with Gasteiger partial charge in [0.05, 0.1) is 13.1 Å². The number of aldehydes is 1. The van der Waals surface area contributed by atoms with Crippen LogP contribution in [0.3, 0.4) is 0 Å². The molecule has 0 saturated carbocycles. The van der Waals surface area contributed by atoms with Crippen LogP contribution in [0.25, 0.3) is 11.1 Å². The number of nitrogens with zero attached hydrogens (tertiary/aromatic N) is 4. The molecule has 0 unspecified atom stereocenters. The maximum atomic E-state index is 11.3. The van der Waals surface area contributed by atoms with Crippen LogP contribution in [0.5, 0.6) is 5.75 Å². The van der Waals surface area contributed by atoms with Gasteiger partial charge in [-0.25, -0.2) is 9.97 Å². The first-order valence-electron chi connectivity index (χ1n) is 12.4. The number of anilines is 1. The van der Waals surface area contributed by atoms with Crippen LogP contribution >= 0.6 is 0 Å². The van der Waals surface area contributed by atoms with E-state index in [9.17, 15) is 4.79 Å². The Bertz CT molecular complexity index is 1250. The third-order valence-electron chi connectivity index (χ3n) is 6.96. The van der Waals surface area contributed by atoms with Crippen LogP contribution in [0.2, 0.25) is 0 Å². The minimum absolute atomic E-state index is 0.241. The highest BCUT2D eigenvalue weighted by molar-refractivity contribution is 5.79. The van der Waals surface area contributed by atoms with Gasteiger partial charge in [-0.05, 0) is 68.1 Å². The summed E-state index contributed by atoms with van der Waals surface area (Å²) in [5.74, 6) is 2.86. The molecule has 0 spiro atoms. The van der Waals surface area contributed by atoms with Crippen LogP contribution in [0.15, 0.2) is 42.5 Å². The molecule has 0 amide bonds. The van der Waals surface area contributed by atoms with Crippen molar-refractivity contribution < 1.29 is 9.53 Å². The Morgan fingerprint density at radius 2 is 1.94 bits per heavy atom. The molecule has 0 atom stereocenters. The predicted octanol–water partition coefficient (Wildman–Crippen LogP) is 4.93. The number of carbonyl (C=O) groups is 1. The smallest absolute Gasteiger partial charge is 0.150 e. The number of hydrogen-bond acceptors (Lipinski definition) is 6. The van der Waals surface area contributed by atoms with Gasteiger partial charge in [-0.2, -0.15) is 0 Å². The van der Waals surface area contributed by atoms with Crippen molar-refractivity contribution >= 4 is 12.1 Å². The number of ether oxygens (including phenoxy) is 1. The maximum absolute atomic E-state index is 11.3. The van der Waals surface area contributed by atoms with Gasteiger partial charge in [-0.3, -0.25) is 4.79 Å². The third kappa shape index (κ3) is 5.08. The first-order chi connectivity index (χ1) is 16.8. The molecule has 2 aliphatic rings. The molecule has 2 heterocycles. The highest BCUT2D eigenvalue weighted by Gasteiger charge is 2.31. The molecule has 1 aliphatic carbocycles. The van der Waals surface area contributed by atoms with E-state index >= 15 is 0 Å². The molecular weight excluding hydrogens is 436 g/mol. The monoisotopic (exact) mass is 470 g/mol. The van der Waals surface area contributed by atoms with Crippen molar-refractivity contribution in [3.8, 4) is 16.9 Å². The Morgan fingerprint density at radius 1 is 1.11 bits per heavy atom. The zero-order valence-corrected chi connectivity index (χ0v) is 21.2. The van der Waals surface area contributed by atoms with E-state index in [1.54, 1.807) is 0 Å². The summed E-state index contributed by atoms with van der Waals surface area (Å²) in [6, 6.07) is 14.0. The van der Waals surface area contributed by atoms with Crippen LogP contribution in [-0.4, -0.2) is 48.4 Å². The molecule has 0 N–H and O–H groups in total. The minimum atomic E-state index is 0.241. The summed E-state index contributed by atoms with van der Waals surface area (Å²) >= 11 is 0. The van der Waals surface area contributed by atoms with Crippen molar-refractivity contribution in [3.05, 3.63) is 70.7 Å². The van der Waals surface area contributed by atoms with Crippen molar-refractivity contribution in [1.29, 1.82) is 0 Å². The van der Waals surface area contributed by atoms with Crippen molar-refractivity contribution in [2.24, 2.45) is 5.41 Å². The molecule has 182 valence electrons. The fraction of sp³-hybridized carbons (Fsp3) is 0.414. The van der Waals surface area contributed by atoms with Gasteiger partial charge >= 0.3 is 0 Å². The van der Waals surface area contributed by atoms with Gasteiger partial charge in [0.2, 0.25) is 0 Å². The summed E-state index contributed by atoms with van der Waals surface area (Å²) in [6.07, 6.45) is 4.02. The van der Waals surface area contributed by atoms with Crippen LogP contribution in [0.1, 0.15) is 53.3 Å². The second-order valence-corrected chi connectivity index (χ2v) is 10.8. The number of benzene rings is 2. The molecule has 6 heteroatoms. The lowest BCUT2D eigenvalue weighted by atomic mass is 9.76. The Hall–Kier alpha value is -3.25. The zero-order chi connectivity index (χ0) is 24.6. The van der Waals surface area contributed by atoms with Gasteiger partial charge in [0, 0.05) is 28.9 Å². The molecule has 0 radical (unpaired) electrons. The van der Waals surface area contributed by atoms with Gasteiger partial charge in [-0.15, -0.1) is 0 Å². The lowest BCUT2D eigenvalue weighted by Gasteiger charge is -2.34. The van der Waals surface area contributed by atoms with Gasteiger partial charge in [0.25, 0.3) is 0 Å². The van der Waals surface area contributed by atoms with Crippen molar-refractivity contribution in [2.75, 3.05) is 32.1 Å². The lowest BCUT2D eigenvalue weighted by molar-refractivity contribution is 0.112. The van der Waals surface area contributed by atoms with E-state index in [1.165, 1.54) is 11.3 Å². The fourth-order valence-corrected chi connectivity index (χ4v) is 5.14. The van der Waals surface area contributed by atoms with E-state index in [0.29, 0.717) is 12.2 Å². The van der Waals surface area contributed by atoms with Crippen molar-refractivity contribution in [1.82, 2.24) is 14.9 Å². The molecular formula is C29H34N4O2. The molecule has 1 aromatic heterocycles. The van der Waals surface area contributed by atoms with Crippen LogP contribution in [-0.2, 0) is 25.9 Å². The van der Waals surface area contributed by atoms with E-state index in [-0.39, 0.29) is 5.41 Å². The number of fused-ring (bicyclic) bond motifs is 2. The quantitative estimate of drug-likeness (QED) is 0.493. The summed E-state index contributed by atoms with van der Waals surface area (Å²) in [5, 5.41) is 0. The van der Waals surface area contributed by atoms with Crippen LogP contribution in [0.4, 0.5) is 5.82 Å². The zero-order valence-electron chi connectivity index (χ0n) is 21.2. The van der Waals surface area contributed by atoms with E-state index in [0.717, 1.165) is 79.3 Å². The van der Waals surface area contributed by atoms with Crippen molar-refractivity contribution in [3.63, 3.8) is 0 Å². The topological polar surface area (TPSA) is 58.6 Å². The molecule has 5 rings (SSSR count). The van der Waals surface area contributed by atoms with E-state index < -0.39 is 0 Å². The van der Waals surface area contributed by atoms with Crippen LogP contribution < -0.4 is 9.64 Å². The molecule has 0 fully saturated rings. The molecule has 0 saturated heterocycles. The van der Waals surface area contributed by atoms with Crippen molar-refractivity contribution in [2.45, 2.75) is 46.2 Å². The first kappa shape index (κ1) is 23.5. The van der Waals surface area contributed by atoms with Gasteiger partial charge in [0.15, 0.2) is 0 Å². The highest BCUT2D eigenvalue weighted by Crippen LogP contribution is 2.39. The largest absolute Gasteiger partial charge is 0.491 e. The second-order valence-electron chi connectivity index (χ2n) is 10.8. The van der Waals surface area contributed by atoms with E-state index in [2.05, 4.69) is 55.9 Å². The molecule has 0 bridgehead atoms. The Kier molecular flexibility index (Phi) is 6.32. The first-order valence-corrected chi connectivity index (χ1v) is 12.4. The predicted molar refractivity (Wildman–Crippen MR) is 139 cm³/mol. The summed E-state index contributed by atoms with van der Waals surface area (Å²) in [6.45, 7) is 7.51. The molecule has 1 aliphatic heterocycles. The van der Waals surface area contributed by atoms with E-state index in [4.69, 9.17) is 14.7 Å². The average molecular weight is 471 g/mol. The highest BCUT2D eigenvalue weighted by atomic mass is 16.5. The summed E-state index contributed by atoms with van der Waals surface area (Å²) < 4.78 is 6.17. The Labute approximate surface area is 208 Å². The number of rotatable bonds is 5. The number of aromatic nitrogens is 2.